The van der Waals surface area contributed by atoms with Gasteiger partial charge in [0.2, 0.25) is 0 Å². The molecule has 0 bridgehead atoms. The van der Waals surface area contributed by atoms with Crippen LogP contribution in [-0.2, 0) is 0 Å². The summed E-state index contributed by atoms with van der Waals surface area (Å²) in [6.45, 7) is 2.23. The van der Waals surface area contributed by atoms with E-state index in [1.807, 2.05) is 0 Å². The van der Waals surface area contributed by atoms with E-state index in [1.54, 1.807) is 0 Å². The van der Waals surface area contributed by atoms with Gasteiger partial charge in [-0.05, 0) is 26.9 Å². The van der Waals surface area contributed by atoms with Crippen LogP contribution >= 0.6 is 0 Å². The molecule has 1 aliphatic heterocycles. The molecule has 1 heterocycles. The minimum atomic E-state index is 0.639. The van der Waals surface area contributed by atoms with E-state index in [-0.39, 0.29) is 0 Å². The molecule has 1 saturated heterocycles. The molecule has 0 spiro atoms. The van der Waals surface area contributed by atoms with E-state index in [2.05, 4.69) is 24.3 Å². The minimum absolute atomic E-state index is 0.639. The summed E-state index contributed by atoms with van der Waals surface area (Å²) in [5.41, 5.74) is 0. The van der Waals surface area contributed by atoms with Gasteiger partial charge in [0.25, 0.3) is 0 Å². The molecule has 53 valence electrons. The maximum Gasteiger partial charge on any atom is 0.0373 e. The summed E-state index contributed by atoms with van der Waals surface area (Å²) in [4.78, 5) is 2.21. The van der Waals surface area contributed by atoms with Crippen LogP contribution in [-0.4, -0.2) is 38.1 Å². The lowest BCUT2D eigenvalue weighted by molar-refractivity contribution is 0.355. The molecule has 2 heteroatoms. The average Bonchev–Trinajstić information content (AvgIpc) is 2.15. The normalized spacial score (nSPS) is 27.7. The Morgan fingerprint density at radius 2 is 2.33 bits per heavy atom. The molecular formula is C7H15N2. The summed E-state index contributed by atoms with van der Waals surface area (Å²) in [6, 6.07) is 0.639. The molecule has 0 N–H and O–H groups in total. The van der Waals surface area contributed by atoms with Crippen LogP contribution in [0.1, 0.15) is 12.8 Å². The zero-order valence-electron chi connectivity index (χ0n) is 6.30. The van der Waals surface area contributed by atoms with Crippen LogP contribution in [0.3, 0.4) is 0 Å². The summed E-state index contributed by atoms with van der Waals surface area (Å²) in [5.74, 6) is 0. The van der Waals surface area contributed by atoms with Crippen LogP contribution in [0.25, 0.3) is 0 Å². The van der Waals surface area contributed by atoms with E-state index in [1.165, 1.54) is 12.8 Å². The molecule has 0 aromatic heterocycles. The van der Waals surface area contributed by atoms with Crippen molar-refractivity contribution in [2.24, 2.45) is 0 Å². The first-order chi connectivity index (χ1) is 4.29. The van der Waals surface area contributed by atoms with E-state index in [9.17, 15) is 0 Å². The Kier molecular flexibility index (Phi) is 2.49. The summed E-state index contributed by atoms with van der Waals surface area (Å²) >= 11 is 0. The number of nitrogens with zero attached hydrogens (tertiary/aromatic N) is 2. The number of hydrogen-bond acceptors (Lipinski definition) is 1. The lowest BCUT2D eigenvalue weighted by Crippen LogP contribution is -2.29. The fraction of sp³-hybridized carbons (Fsp3) is 1.00. The van der Waals surface area contributed by atoms with Crippen molar-refractivity contribution in [1.82, 2.24) is 10.2 Å². The Hall–Kier alpha value is -0.0800. The van der Waals surface area contributed by atoms with Gasteiger partial charge >= 0.3 is 0 Å². The highest BCUT2D eigenvalue weighted by Crippen LogP contribution is 2.06. The van der Waals surface area contributed by atoms with Crippen LogP contribution in [0.5, 0.6) is 0 Å². The molecule has 0 aromatic carbocycles. The second-order valence-electron chi connectivity index (χ2n) is 2.96. The van der Waals surface area contributed by atoms with Gasteiger partial charge in [-0.15, -0.1) is 0 Å². The summed E-state index contributed by atoms with van der Waals surface area (Å²) in [7, 11) is 4.21. The first-order valence-corrected chi connectivity index (χ1v) is 3.60. The largest absolute Gasteiger partial charge is 0.308 e. The monoisotopic (exact) mass is 127 g/mol. The maximum atomic E-state index is 4.43. The first-order valence-electron chi connectivity index (χ1n) is 3.60. The van der Waals surface area contributed by atoms with Gasteiger partial charge in [0.1, 0.15) is 0 Å². The van der Waals surface area contributed by atoms with Crippen molar-refractivity contribution in [2.75, 3.05) is 27.2 Å². The van der Waals surface area contributed by atoms with Crippen molar-refractivity contribution in [3.05, 3.63) is 0 Å². The number of hydrogen-bond donors (Lipinski definition) is 0. The van der Waals surface area contributed by atoms with Gasteiger partial charge < -0.3 is 4.90 Å². The van der Waals surface area contributed by atoms with Gasteiger partial charge in [0.05, 0.1) is 0 Å². The predicted molar refractivity (Wildman–Crippen MR) is 38.6 cm³/mol. The third kappa shape index (κ3) is 2.33. The third-order valence-electron chi connectivity index (χ3n) is 1.66. The molecule has 0 aliphatic carbocycles. The van der Waals surface area contributed by atoms with Crippen molar-refractivity contribution in [3.63, 3.8) is 0 Å². The van der Waals surface area contributed by atoms with Crippen molar-refractivity contribution >= 4 is 0 Å². The van der Waals surface area contributed by atoms with Crippen LogP contribution in [0.2, 0.25) is 0 Å². The second kappa shape index (κ2) is 3.18. The summed E-state index contributed by atoms with van der Waals surface area (Å²) in [5, 5.41) is 4.43. The highest BCUT2D eigenvalue weighted by Gasteiger charge is 2.15. The Bertz CT molecular complexity index is 75.0. The highest BCUT2D eigenvalue weighted by molar-refractivity contribution is 4.75. The molecule has 1 unspecified atom stereocenters. The molecule has 0 aromatic rings. The molecule has 1 rings (SSSR count). The molecule has 1 fully saturated rings. The van der Waals surface area contributed by atoms with E-state index in [0.717, 1.165) is 13.1 Å². The first kappa shape index (κ1) is 7.03. The van der Waals surface area contributed by atoms with E-state index in [4.69, 9.17) is 0 Å². The quantitative estimate of drug-likeness (QED) is 0.522. The zero-order chi connectivity index (χ0) is 6.69. The van der Waals surface area contributed by atoms with Gasteiger partial charge in [0.15, 0.2) is 0 Å². The molecule has 1 atom stereocenters. The van der Waals surface area contributed by atoms with Crippen LogP contribution in [0.4, 0.5) is 0 Å². The zero-order valence-corrected chi connectivity index (χ0v) is 6.30. The number of rotatable bonds is 2. The third-order valence-corrected chi connectivity index (χ3v) is 1.66. The Labute approximate surface area is 57.2 Å². The Morgan fingerprint density at radius 1 is 1.56 bits per heavy atom. The molecule has 2 nitrogen and oxygen atoms in total. The standard InChI is InChI=1S/C7H15N2/c1-9(2)6-7-4-3-5-8-7/h7H,3-6H2,1-2H3. The van der Waals surface area contributed by atoms with Crippen molar-refractivity contribution in [3.8, 4) is 0 Å². The number of likely N-dealkylation sites (N-methyl/N-ethyl adjacent to an activating group) is 1. The van der Waals surface area contributed by atoms with Gasteiger partial charge in [-0.3, -0.25) is 0 Å². The SMILES string of the molecule is CN(C)CC1CCC[N]1. The fourth-order valence-electron chi connectivity index (χ4n) is 1.26. The van der Waals surface area contributed by atoms with E-state index in [0.29, 0.717) is 6.04 Å². The molecule has 9 heavy (non-hydrogen) atoms. The lowest BCUT2D eigenvalue weighted by atomic mass is 10.2. The van der Waals surface area contributed by atoms with Crippen LogP contribution < -0.4 is 5.32 Å². The van der Waals surface area contributed by atoms with E-state index < -0.39 is 0 Å². The van der Waals surface area contributed by atoms with Crippen LogP contribution in [0.15, 0.2) is 0 Å². The highest BCUT2D eigenvalue weighted by atomic mass is 15.1. The maximum absolute atomic E-state index is 4.43. The summed E-state index contributed by atoms with van der Waals surface area (Å²) < 4.78 is 0. The smallest absolute Gasteiger partial charge is 0.0373 e. The van der Waals surface area contributed by atoms with E-state index >= 15 is 0 Å². The van der Waals surface area contributed by atoms with Gasteiger partial charge in [0, 0.05) is 19.1 Å². The summed E-state index contributed by atoms with van der Waals surface area (Å²) in [6.07, 6.45) is 2.61. The average molecular weight is 127 g/mol. The van der Waals surface area contributed by atoms with Crippen molar-refractivity contribution in [1.29, 1.82) is 0 Å². The van der Waals surface area contributed by atoms with Crippen molar-refractivity contribution in [2.45, 2.75) is 18.9 Å². The van der Waals surface area contributed by atoms with Gasteiger partial charge in [-0.1, -0.05) is 0 Å². The fourth-order valence-corrected chi connectivity index (χ4v) is 1.26. The molecule has 1 radical (unpaired) electrons. The van der Waals surface area contributed by atoms with Crippen LogP contribution in [0, 0.1) is 0 Å². The van der Waals surface area contributed by atoms with Gasteiger partial charge in [-0.2, -0.15) is 0 Å². The Morgan fingerprint density at radius 3 is 2.78 bits per heavy atom. The molecular weight excluding hydrogens is 112 g/mol. The minimum Gasteiger partial charge on any atom is -0.308 e. The lowest BCUT2D eigenvalue weighted by Gasteiger charge is -2.14. The molecule has 0 amide bonds. The predicted octanol–water partition coefficient (Wildman–Crippen LogP) is 0.315. The molecule has 0 saturated carbocycles. The van der Waals surface area contributed by atoms with Gasteiger partial charge in [-0.25, -0.2) is 5.32 Å². The Balaban J connectivity index is 2.11. The second-order valence-corrected chi connectivity index (χ2v) is 2.96. The topological polar surface area (TPSA) is 17.3 Å². The van der Waals surface area contributed by atoms with Crippen molar-refractivity contribution < 1.29 is 0 Å². The molecule has 1 aliphatic rings.